The van der Waals surface area contributed by atoms with Crippen LogP contribution >= 0.6 is 38.6 Å². The fourth-order valence-electron chi connectivity index (χ4n) is 1.02. The Labute approximate surface area is 97.7 Å². The van der Waals surface area contributed by atoms with Gasteiger partial charge in [-0.05, 0) is 22.0 Å². The zero-order valence-electron chi connectivity index (χ0n) is 7.07. The second-order valence-corrected chi connectivity index (χ2v) is 5.46. The van der Waals surface area contributed by atoms with Crippen molar-refractivity contribution in [3.05, 3.63) is 37.4 Å². The van der Waals surface area contributed by atoms with Crippen molar-refractivity contribution in [3.8, 4) is 0 Å². The topological polar surface area (TPSA) is 30.0 Å². The van der Waals surface area contributed by atoms with E-state index >= 15 is 0 Å². The van der Waals surface area contributed by atoms with Crippen molar-refractivity contribution in [2.75, 3.05) is 0 Å². The molecule has 0 radical (unpaired) electrons. The van der Waals surface area contributed by atoms with Gasteiger partial charge in [0.15, 0.2) is 5.78 Å². The summed E-state index contributed by atoms with van der Waals surface area (Å²) in [6.45, 7) is 0. The Kier molecular flexibility index (Phi) is 3.10. The lowest BCUT2D eigenvalue weighted by Gasteiger charge is -1.92. The van der Waals surface area contributed by atoms with Gasteiger partial charge in [-0.1, -0.05) is 0 Å². The van der Waals surface area contributed by atoms with Gasteiger partial charge in [-0.3, -0.25) is 4.79 Å². The van der Waals surface area contributed by atoms with Crippen molar-refractivity contribution in [3.63, 3.8) is 0 Å². The van der Waals surface area contributed by atoms with Crippen LogP contribution in [0.25, 0.3) is 0 Å². The minimum Gasteiger partial charge on any atom is -0.293 e. The third-order valence-corrected chi connectivity index (χ3v) is 4.15. The number of nitrogens with zero attached hydrogens (tertiary/aromatic N) is 1. The molecule has 0 spiro atoms. The fourth-order valence-corrected chi connectivity index (χ4v) is 3.01. The standard InChI is InChI=1S/C9H6BrNOS2/c10-6-3-8(14-5-6)7(12)4-9-11-1-2-13-9/h1-3,5H,4H2. The minimum absolute atomic E-state index is 0.135. The smallest absolute Gasteiger partial charge is 0.179 e. The number of thiazole rings is 1. The molecule has 72 valence electrons. The molecule has 5 heteroatoms. The van der Waals surface area contributed by atoms with Crippen molar-refractivity contribution < 1.29 is 4.79 Å². The number of thiophene rings is 1. The van der Waals surface area contributed by atoms with Gasteiger partial charge in [0.05, 0.1) is 11.3 Å². The van der Waals surface area contributed by atoms with E-state index in [0.29, 0.717) is 6.42 Å². The van der Waals surface area contributed by atoms with E-state index in [1.165, 1.54) is 22.7 Å². The lowest BCUT2D eigenvalue weighted by atomic mass is 10.2. The van der Waals surface area contributed by atoms with Crippen LogP contribution in [0.3, 0.4) is 0 Å². The molecule has 2 heterocycles. The first kappa shape index (κ1) is 10.0. The van der Waals surface area contributed by atoms with Gasteiger partial charge >= 0.3 is 0 Å². The van der Waals surface area contributed by atoms with Crippen LogP contribution in [0.5, 0.6) is 0 Å². The lowest BCUT2D eigenvalue weighted by molar-refractivity contribution is 0.0997. The summed E-state index contributed by atoms with van der Waals surface area (Å²) in [5.74, 6) is 0.135. The van der Waals surface area contributed by atoms with Gasteiger partial charge in [-0.25, -0.2) is 4.98 Å². The van der Waals surface area contributed by atoms with Gasteiger partial charge in [-0.15, -0.1) is 22.7 Å². The van der Waals surface area contributed by atoms with Gasteiger partial charge in [-0.2, -0.15) is 0 Å². The zero-order valence-corrected chi connectivity index (χ0v) is 10.3. The molecule has 0 fully saturated rings. The largest absolute Gasteiger partial charge is 0.293 e. The minimum atomic E-state index is 0.135. The molecule has 0 N–H and O–H groups in total. The molecule has 0 saturated heterocycles. The van der Waals surface area contributed by atoms with Crippen LogP contribution in [0.1, 0.15) is 14.7 Å². The van der Waals surface area contributed by atoms with Gasteiger partial charge in [0.2, 0.25) is 0 Å². The normalized spacial score (nSPS) is 10.4. The van der Waals surface area contributed by atoms with E-state index in [1.807, 2.05) is 16.8 Å². The van der Waals surface area contributed by atoms with Crippen LogP contribution in [-0.4, -0.2) is 10.8 Å². The van der Waals surface area contributed by atoms with E-state index in [4.69, 9.17) is 0 Å². The first-order valence-corrected chi connectivity index (χ1v) is 6.46. The van der Waals surface area contributed by atoms with Crippen LogP contribution in [0.15, 0.2) is 27.5 Å². The van der Waals surface area contributed by atoms with Gasteiger partial charge in [0.25, 0.3) is 0 Å². The molecular weight excluding hydrogens is 282 g/mol. The zero-order chi connectivity index (χ0) is 9.97. The summed E-state index contributed by atoms with van der Waals surface area (Å²) < 4.78 is 0.963. The Bertz CT molecular complexity index is 435. The van der Waals surface area contributed by atoms with E-state index in [-0.39, 0.29) is 5.78 Å². The van der Waals surface area contributed by atoms with E-state index in [2.05, 4.69) is 20.9 Å². The highest BCUT2D eigenvalue weighted by molar-refractivity contribution is 9.10. The molecule has 0 aliphatic rings. The molecule has 0 aromatic carbocycles. The maximum absolute atomic E-state index is 11.7. The first-order valence-electron chi connectivity index (χ1n) is 3.91. The molecule has 0 aliphatic heterocycles. The van der Waals surface area contributed by atoms with Crippen molar-refractivity contribution in [1.82, 2.24) is 4.98 Å². The Hall–Kier alpha value is -0.520. The highest BCUT2D eigenvalue weighted by atomic mass is 79.9. The molecule has 0 aliphatic carbocycles. The van der Waals surface area contributed by atoms with Crippen molar-refractivity contribution >= 4 is 44.4 Å². The summed E-state index contributed by atoms with van der Waals surface area (Å²) in [6.07, 6.45) is 2.13. The summed E-state index contributed by atoms with van der Waals surface area (Å²) >= 11 is 6.30. The maximum Gasteiger partial charge on any atom is 0.179 e. The maximum atomic E-state index is 11.7. The average molecular weight is 288 g/mol. The summed E-state index contributed by atoms with van der Waals surface area (Å²) in [5, 5.41) is 4.67. The quantitative estimate of drug-likeness (QED) is 0.810. The van der Waals surface area contributed by atoms with E-state index in [9.17, 15) is 4.79 Å². The highest BCUT2D eigenvalue weighted by Gasteiger charge is 2.10. The summed E-state index contributed by atoms with van der Waals surface area (Å²) in [4.78, 5) is 16.5. The molecule has 0 amide bonds. The third kappa shape index (κ3) is 2.29. The molecule has 2 aromatic heterocycles. The van der Waals surface area contributed by atoms with Crippen LogP contribution in [0, 0.1) is 0 Å². The van der Waals surface area contributed by atoms with Crippen molar-refractivity contribution in [2.24, 2.45) is 0 Å². The molecule has 2 rings (SSSR count). The molecule has 0 unspecified atom stereocenters. The number of hydrogen-bond acceptors (Lipinski definition) is 4. The molecule has 0 bridgehead atoms. The number of Topliss-reactive ketones (excluding diaryl/α,β-unsaturated/α-hetero) is 1. The van der Waals surface area contributed by atoms with Gasteiger partial charge in [0, 0.05) is 21.4 Å². The van der Waals surface area contributed by atoms with Crippen molar-refractivity contribution in [1.29, 1.82) is 0 Å². The number of halogens is 1. The molecule has 2 nitrogen and oxygen atoms in total. The number of carbonyl (C=O) groups is 1. The van der Waals surface area contributed by atoms with Crippen LogP contribution in [0.2, 0.25) is 0 Å². The number of hydrogen-bond donors (Lipinski definition) is 0. The molecule has 2 aromatic rings. The van der Waals surface area contributed by atoms with Crippen molar-refractivity contribution in [2.45, 2.75) is 6.42 Å². The molecule has 0 atom stereocenters. The van der Waals surface area contributed by atoms with Crippen LogP contribution < -0.4 is 0 Å². The van der Waals surface area contributed by atoms with Crippen LogP contribution in [-0.2, 0) is 6.42 Å². The summed E-state index contributed by atoms with van der Waals surface area (Å²) in [7, 11) is 0. The van der Waals surface area contributed by atoms with E-state index in [0.717, 1.165) is 14.4 Å². The van der Waals surface area contributed by atoms with E-state index < -0.39 is 0 Å². The Morgan fingerprint density at radius 3 is 2.93 bits per heavy atom. The van der Waals surface area contributed by atoms with Crippen LogP contribution in [0.4, 0.5) is 0 Å². The summed E-state index contributed by atoms with van der Waals surface area (Å²) in [6, 6.07) is 1.85. The second-order valence-electron chi connectivity index (χ2n) is 2.65. The fraction of sp³-hybridized carbons (Fsp3) is 0.111. The lowest BCUT2D eigenvalue weighted by Crippen LogP contribution is -2.00. The Morgan fingerprint density at radius 1 is 1.50 bits per heavy atom. The average Bonchev–Trinajstić information content (AvgIpc) is 2.75. The number of aromatic nitrogens is 1. The van der Waals surface area contributed by atoms with Gasteiger partial charge in [0.1, 0.15) is 5.01 Å². The second kappa shape index (κ2) is 4.33. The SMILES string of the molecule is O=C(Cc1nccs1)c1cc(Br)cs1. The van der Waals surface area contributed by atoms with E-state index in [1.54, 1.807) is 6.20 Å². The number of carbonyl (C=O) groups excluding carboxylic acids is 1. The van der Waals surface area contributed by atoms with Gasteiger partial charge < -0.3 is 0 Å². The molecular formula is C9H6BrNOS2. The highest BCUT2D eigenvalue weighted by Crippen LogP contribution is 2.21. The molecule has 0 saturated carbocycles. The summed E-state index contributed by atoms with van der Waals surface area (Å²) in [5.41, 5.74) is 0. The predicted molar refractivity (Wildman–Crippen MR) is 62.2 cm³/mol. The molecule has 14 heavy (non-hydrogen) atoms. The third-order valence-electron chi connectivity index (χ3n) is 1.64. The first-order chi connectivity index (χ1) is 6.75. The monoisotopic (exact) mass is 287 g/mol. The Morgan fingerprint density at radius 2 is 2.36 bits per heavy atom. The number of rotatable bonds is 3. The predicted octanol–water partition coefficient (Wildman–Crippen LogP) is 3.39. The number of ketones is 1. The Balaban J connectivity index is 2.10.